The molecule has 0 saturated heterocycles. The van der Waals surface area contributed by atoms with Crippen LogP contribution in [0.5, 0.6) is 0 Å². The summed E-state index contributed by atoms with van der Waals surface area (Å²) in [5.74, 6) is 0.665. The van der Waals surface area contributed by atoms with E-state index >= 15 is 0 Å². The Hall–Kier alpha value is -1.51. The number of anilines is 1. The van der Waals surface area contributed by atoms with Gasteiger partial charge < -0.3 is 11.1 Å². The number of hydrogen-bond acceptors (Lipinski definition) is 2. The summed E-state index contributed by atoms with van der Waals surface area (Å²) in [7, 11) is 0. The van der Waals surface area contributed by atoms with Crippen LogP contribution in [-0.4, -0.2) is 12.5 Å². The van der Waals surface area contributed by atoms with Gasteiger partial charge in [0.05, 0.1) is 5.41 Å². The highest BCUT2D eigenvalue weighted by atomic mass is 16.2. The van der Waals surface area contributed by atoms with Gasteiger partial charge in [0.1, 0.15) is 0 Å². The monoisotopic (exact) mass is 290 g/mol. The lowest BCUT2D eigenvalue weighted by atomic mass is 9.83. The summed E-state index contributed by atoms with van der Waals surface area (Å²) in [6.45, 7) is 9.09. The second kappa shape index (κ2) is 8.06. The second-order valence-electron chi connectivity index (χ2n) is 6.37. The van der Waals surface area contributed by atoms with Gasteiger partial charge in [0, 0.05) is 12.2 Å². The Labute approximate surface area is 129 Å². The predicted molar refractivity (Wildman–Crippen MR) is 90.2 cm³/mol. The standard InChI is InChI=1S/C18H30N2O/c1-5-7-8-14(6-2)13-20-17(21)18(3,4)15-9-11-16(19)12-10-15/h9-12,14H,5-8,13,19H2,1-4H3,(H,20,21). The summed E-state index contributed by atoms with van der Waals surface area (Å²) >= 11 is 0. The Kier molecular flexibility index (Phi) is 6.73. The van der Waals surface area contributed by atoms with Crippen LogP contribution in [0.15, 0.2) is 24.3 Å². The molecule has 0 aromatic heterocycles. The van der Waals surface area contributed by atoms with Crippen molar-refractivity contribution in [2.75, 3.05) is 12.3 Å². The number of rotatable bonds is 8. The number of nitrogens with one attached hydrogen (secondary N) is 1. The Morgan fingerprint density at radius 2 is 1.86 bits per heavy atom. The van der Waals surface area contributed by atoms with Crippen LogP contribution in [0.3, 0.4) is 0 Å². The van der Waals surface area contributed by atoms with Crippen molar-refractivity contribution in [1.29, 1.82) is 0 Å². The average molecular weight is 290 g/mol. The third kappa shape index (κ3) is 5.07. The lowest BCUT2D eigenvalue weighted by Crippen LogP contribution is -2.42. The molecule has 3 nitrogen and oxygen atoms in total. The van der Waals surface area contributed by atoms with Crippen LogP contribution < -0.4 is 11.1 Å². The second-order valence-corrected chi connectivity index (χ2v) is 6.37. The molecule has 0 spiro atoms. The highest BCUT2D eigenvalue weighted by Gasteiger charge is 2.29. The summed E-state index contributed by atoms with van der Waals surface area (Å²) in [5.41, 5.74) is 6.90. The van der Waals surface area contributed by atoms with E-state index in [4.69, 9.17) is 5.73 Å². The van der Waals surface area contributed by atoms with E-state index in [1.165, 1.54) is 19.3 Å². The molecule has 0 bridgehead atoms. The molecule has 1 unspecified atom stereocenters. The molecule has 3 N–H and O–H groups in total. The van der Waals surface area contributed by atoms with E-state index in [9.17, 15) is 4.79 Å². The van der Waals surface area contributed by atoms with Crippen molar-refractivity contribution in [2.24, 2.45) is 5.92 Å². The molecule has 0 aliphatic carbocycles. The van der Waals surface area contributed by atoms with Crippen LogP contribution in [0.25, 0.3) is 0 Å². The molecule has 0 aliphatic heterocycles. The zero-order valence-electron chi connectivity index (χ0n) is 13.9. The fourth-order valence-electron chi connectivity index (χ4n) is 2.43. The summed E-state index contributed by atoms with van der Waals surface area (Å²) < 4.78 is 0. The van der Waals surface area contributed by atoms with E-state index in [2.05, 4.69) is 19.2 Å². The van der Waals surface area contributed by atoms with Crippen molar-refractivity contribution in [3.63, 3.8) is 0 Å². The van der Waals surface area contributed by atoms with Crippen molar-refractivity contribution >= 4 is 11.6 Å². The molecule has 1 aromatic carbocycles. The van der Waals surface area contributed by atoms with Gasteiger partial charge >= 0.3 is 0 Å². The molecule has 1 rings (SSSR count). The fourth-order valence-corrected chi connectivity index (χ4v) is 2.43. The van der Waals surface area contributed by atoms with Crippen molar-refractivity contribution in [3.8, 4) is 0 Å². The summed E-state index contributed by atoms with van der Waals surface area (Å²) in [6, 6.07) is 7.56. The first-order valence-electron chi connectivity index (χ1n) is 8.06. The van der Waals surface area contributed by atoms with Crippen LogP contribution >= 0.6 is 0 Å². The third-order valence-electron chi connectivity index (χ3n) is 4.29. The third-order valence-corrected chi connectivity index (χ3v) is 4.29. The predicted octanol–water partition coefficient (Wildman–Crippen LogP) is 3.88. The van der Waals surface area contributed by atoms with E-state index in [1.807, 2.05) is 38.1 Å². The molecule has 0 fully saturated rings. The molecule has 0 saturated carbocycles. The summed E-state index contributed by atoms with van der Waals surface area (Å²) in [5, 5.41) is 3.13. The molecule has 1 atom stereocenters. The average Bonchev–Trinajstić information content (AvgIpc) is 2.47. The van der Waals surface area contributed by atoms with E-state index in [0.29, 0.717) is 5.92 Å². The van der Waals surface area contributed by atoms with Crippen LogP contribution in [0.1, 0.15) is 58.9 Å². The van der Waals surface area contributed by atoms with Crippen molar-refractivity contribution < 1.29 is 4.79 Å². The van der Waals surface area contributed by atoms with Gasteiger partial charge in [0.15, 0.2) is 0 Å². The van der Waals surface area contributed by atoms with Crippen molar-refractivity contribution in [1.82, 2.24) is 5.32 Å². The number of hydrogen-bond donors (Lipinski definition) is 2. The lowest BCUT2D eigenvalue weighted by Gasteiger charge is -2.26. The first kappa shape index (κ1) is 17.5. The minimum absolute atomic E-state index is 0.0854. The number of carbonyl (C=O) groups excluding carboxylic acids is 1. The van der Waals surface area contributed by atoms with Crippen LogP contribution in [-0.2, 0) is 10.2 Å². The van der Waals surface area contributed by atoms with E-state index in [1.54, 1.807) is 0 Å². The topological polar surface area (TPSA) is 55.1 Å². The van der Waals surface area contributed by atoms with Gasteiger partial charge in [-0.1, -0.05) is 45.2 Å². The Morgan fingerprint density at radius 1 is 1.24 bits per heavy atom. The van der Waals surface area contributed by atoms with Crippen molar-refractivity contribution in [3.05, 3.63) is 29.8 Å². The minimum Gasteiger partial charge on any atom is -0.399 e. The van der Waals surface area contributed by atoms with Gasteiger partial charge in [-0.2, -0.15) is 0 Å². The van der Waals surface area contributed by atoms with E-state index in [0.717, 1.165) is 24.2 Å². The van der Waals surface area contributed by atoms with Crippen molar-refractivity contribution in [2.45, 2.75) is 58.8 Å². The summed E-state index contributed by atoms with van der Waals surface area (Å²) in [6.07, 6.45) is 4.75. The van der Waals surface area contributed by atoms with Gasteiger partial charge in [-0.25, -0.2) is 0 Å². The number of amides is 1. The Morgan fingerprint density at radius 3 is 2.38 bits per heavy atom. The maximum absolute atomic E-state index is 12.5. The molecular weight excluding hydrogens is 260 g/mol. The van der Waals surface area contributed by atoms with Gasteiger partial charge in [-0.3, -0.25) is 4.79 Å². The SMILES string of the molecule is CCCCC(CC)CNC(=O)C(C)(C)c1ccc(N)cc1. The van der Waals surface area contributed by atoms with E-state index < -0.39 is 5.41 Å². The summed E-state index contributed by atoms with van der Waals surface area (Å²) in [4.78, 5) is 12.5. The highest BCUT2D eigenvalue weighted by molar-refractivity contribution is 5.87. The van der Waals surface area contributed by atoms with Gasteiger partial charge in [-0.15, -0.1) is 0 Å². The van der Waals surface area contributed by atoms with Crippen LogP contribution in [0.2, 0.25) is 0 Å². The first-order valence-corrected chi connectivity index (χ1v) is 8.06. The normalized spacial score (nSPS) is 13.0. The van der Waals surface area contributed by atoms with Crippen LogP contribution in [0, 0.1) is 5.92 Å². The zero-order valence-corrected chi connectivity index (χ0v) is 13.9. The molecule has 3 heteroatoms. The molecule has 21 heavy (non-hydrogen) atoms. The lowest BCUT2D eigenvalue weighted by molar-refractivity contribution is -0.125. The molecular formula is C18H30N2O. The van der Waals surface area contributed by atoms with Gasteiger partial charge in [0.25, 0.3) is 0 Å². The highest BCUT2D eigenvalue weighted by Crippen LogP contribution is 2.24. The van der Waals surface area contributed by atoms with Gasteiger partial charge in [-0.05, 0) is 43.9 Å². The maximum Gasteiger partial charge on any atom is 0.230 e. The number of benzene rings is 1. The quantitative estimate of drug-likeness (QED) is 0.714. The molecule has 0 radical (unpaired) electrons. The Bertz CT molecular complexity index is 437. The number of unbranched alkanes of at least 4 members (excludes halogenated alkanes) is 1. The number of carbonyl (C=O) groups is 1. The van der Waals surface area contributed by atoms with Crippen LogP contribution in [0.4, 0.5) is 5.69 Å². The molecule has 1 aromatic rings. The molecule has 0 heterocycles. The molecule has 0 aliphatic rings. The van der Waals surface area contributed by atoms with Gasteiger partial charge in [0.2, 0.25) is 5.91 Å². The zero-order chi connectivity index (χ0) is 15.9. The van der Waals surface area contributed by atoms with E-state index in [-0.39, 0.29) is 5.91 Å². The fraction of sp³-hybridized carbons (Fsp3) is 0.611. The number of nitrogens with two attached hydrogens (primary N) is 1. The Balaban J connectivity index is 2.62. The minimum atomic E-state index is -0.531. The smallest absolute Gasteiger partial charge is 0.230 e. The first-order chi connectivity index (χ1) is 9.91. The largest absolute Gasteiger partial charge is 0.399 e. The maximum atomic E-state index is 12.5. The molecule has 118 valence electrons. The molecule has 1 amide bonds. The number of nitrogen functional groups attached to an aromatic ring is 1.